The summed E-state index contributed by atoms with van der Waals surface area (Å²) in [5, 5.41) is 9.72. The maximum atomic E-state index is 12.2. The van der Waals surface area contributed by atoms with Crippen LogP contribution in [0, 0.1) is 39.9 Å². The smallest absolute Gasteiger partial charge is 0.313 e. The highest BCUT2D eigenvalue weighted by molar-refractivity contribution is 5.84. The van der Waals surface area contributed by atoms with E-state index >= 15 is 0 Å². The number of hydrogen-bond acceptors (Lipinski definition) is 4. The van der Waals surface area contributed by atoms with Crippen LogP contribution < -0.4 is 0 Å². The fourth-order valence-corrected chi connectivity index (χ4v) is 7.76. The predicted octanol–water partition coefficient (Wildman–Crippen LogP) is 7.94. The lowest BCUT2D eigenvalue weighted by molar-refractivity contribution is -0.150. The van der Waals surface area contributed by atoms with Crippen molar-refractivity contribution in [1.82, 2.24) is 0 Å². The van der Waals surface area contributed by atoms with Gasteiger partial charge in [-0.3, -0.25) is 4.79 Å². The third-order valence-electron chi connectivity index (χ3n) is 10.9. The molecule has 8 atom stereocenters. The van der Waals surface area contributed by atoms with Crippen LogP contribution in [0.15, 0.2) is 60.8 Å². The lowest BCUT2D eigenvalue weighted by Crippen LogP contribution is -2.51. The molecule has 0 aromatic rings. The minimum Gasteiger partial charge on any atom is -0.461 e. The molecule has 3 aliphatic carbocycles. The van der Waals surface area contributed by atoms with Gasteiger partial charge in [-0.1, -0.05) is 75.0 Å². The van der Waals surface area contributed by atoms with Crippen LogP contribution in [-0.4, -0.2) is 29.1 Å². The van der Waals surface area contributed by atoms with Crippen molar-refractivity contribution in [2.45, 2.75) is 105 Å². The van der Waals surface area contributed by atoms with Gasteiger partial charge >= 0.3 is 5.97 Å². The third kappa shape index (κ3) is 5.97. The molecule has 3 unspecified atom stereocenters. The predicted molar refractivity (Wildman–Crippen MR) is 160 cm³/mol. The molecule has 1 N–H and O–H groups in total. The first-order valence-corrected chi connectivity index (χ1v) is 14.8. The number of ether oxygens (including phenoxy) is 1. The molecule has 1 saturated heterocycles. The molecule has 4 rings (SSSR count). The van der Waals surface area contributed by atoms with Crippen molar-refractivity contribution < 1.29 is 19.4 Å². The van der Waals surface area contributed by atoms with E-state index in [1.54, 1.807) is 13.8 Å². The Kier molecular flexibility index (Phi) is 9.12. The topological polar surface area (TPSA) is 63.6 Å². The van der Waals surface area contributed by atoms with Gasteiger partial charge in [0.2, 0.25) is 0 Å². The summed E-state index contributed by atoms with van der Waals surface area (Å²) in [5.41, 5.74) is 2.77. The Morgan fingerprint density at radius 3 is 2.41 bits per heavy atom. The summed E-state index contributed by atoms with van der Waals surface area (Å²) in [6.07, 6.45) is 15.3. The molecule has 4 fully saturated rings. The SMILES string of the molecule is C=C1[C@H]2[C@H]3C[C@@H](C)[C@]1(C)CC[C@]2(CC=O)C(=O)O3.C=CC1(C)CCC(/C(C)=C\C=C\C(C)(C)O)CC1C(=C)C. The summed E-state index contributed by atoms with van der Waals surface area (Å²) in [7, 11) is 0. The number of allylic oxidation sites excluding steroid dienone is 5. The average Bonchev–Trinajstić information content (AvgIpc) is 3.13. The van der Waals surface area contributed by atoms with Crippen LogP contribution in [0.2, 0.25) is 0 Å². The molecule has 0 aromatic heterocycles. The van der Waals surface area contributed by atoms with E-state index in [-0.39, 0.29) is 35.2 Å². The lowest BCUT2D eigenvalue weighted by atomic mass is 9.48. The molecule has 39 heavy (non-hydrogen) atoms. The fraction of sp³-hybridized carbons (Fsp3) is 0.657. The van der Waals surface area contributed by atoms with E-state index < -0.39 is 11.0 Å². The van der Waals surface area contributed by atoms with Gasteiger partial charge in [0, 0.05) is 12.3 Å². The van der Waals surface area contributed by atoms with Crippen molar-refractivity contribution in [3.63, 3.8) is 0 Å². The highest BCUT2D eigenvalue weighted by Crippen LogP contribution is 2.65. The number of esters is 1. The van der Waals surface area contributed by atoms with Gasteiger partial charge in [0.15, 0.2) is 0 Å². The quantitative estimate of drug-likeness (QED) is 0.155. The van der Waals surface area contributed by atoms with E-state index in [0.717, 1.165) is 37.5 Å². The Balaban J connectivity index is 0.000000217. The summed E-state index contributed by atoms with van der Waals surface area (Å²) in [5.74, 6) is 1.50. The van der Waals surface area contributed by atoms with Crippen molar-refractivity contribution in [2.75, 3.05) is 0 Å². The van der Waals surface area contributed by atoms with E-state index in [2.05, 4.69) is 66.5 Å². The van der Waals surface area contributed by atoms with Gasteiger partial charge in [-0.05, 0) is 94.8 Å². The first-order valence-electron chi connectivity index (χ1n) is 14.8. The first-order chi connectivity index (χ1) is 18.0. The molecule has 0 amide bonds. The second-order valence-electron chi connectivity index (χ2n) is 14.0. The van der Waals surface area contributed by atoms with Crippen LogP contribution in [0.1, 0.15) is 93.4 Å². The summed E-state index contributed by atoms with van der Waals surface area (Å²) in [6.45, 7) is 27.2. The zero-order valence-electron chi connectivity index (χ0n) is 25.5. The van der Waals surface area contributed by atoms with Gasteiger partial charge in [-0.25, -0.2) is 0 Å². The van der Waals surface area contributed by atoms with Gasteiger partial charge in [0.05, 0.1) is 11.0 Å². The monoisotopic (exact) mass is 536 g/mol. The van der Waals surface area contributed by atoms with Gasteiger partial charge in [0.1, 0.15) is 12.4 Å². The highest BCUT2D eigenvalue weighted by atomic mass is 16.6. The summed E-state index contributed by atoms with van der Waals surface area (Å²) in [4.78, 5) is 23.2. The lowest BCUT2D eigenvalue weighted by Gasteiger charge is -2.54. The van der Waals surface area contributed by atoms with Gasteiger partial charge in [-0.2, -0.15) is 0 Å². The van der Waals surface area contributed by atoms with E-state index in [1.165, 1.54) is 24.0 Å². The van der Waals surface area contributed by atoms with Gasteiger partial charge in [0.25, 0.3) is 0 Å². The summed E-state index contributed by atoms with van der Waals surface area (Å²) < 4.78 is 5.58. The van der Waals surface area contributed by atoms with Crippen LogP contribution in [0.25, 0.3) is 0 Å². The normalized spacial score (nSPS) is 40.0. The molecule has 216 valence electrons. The molecular formula is C35H52O4. The third-order valence-corrected chi connectivity index (χ3v) is 10.9. The Morgan fingerprint density at radius 1 is 1.18 bits per heavy atom. The molecule has 1 aliphatic heterocycles. The minimum atomic E-state index is -0.745. The zero-order chi connectivity index (χ0) is 29.4. The van der Waals surface area contributed by atoms with E-state index in [4.69, 9.17) is 4.74 Å². The zero-order valence-corrected chi connectivity index (χ0v) is 25.5. The number of aliphatic hydroxyl groups is 1. The molecule has 3 saturated carbocycles. The Bertz CT molecular complexity index is 1060. The second kappa shape index (κ2) is 11.4. The highest BCUT2D eigenvalue weighted by Gasteiger charge is 2.66. The number of carbonyl (C=O) groups is 2. The number of fused-ring (bicyclic) bond motifs is 1. The van der Waals surface area contributed by atoms with Crippen LogP contribution in [0.5, 0.6) is 0 Å². The molecule has 0 aromatic carbocycles. The van der Waals surface area contributed by atoms with Crippen molar-refractivity contribution in [1.29, 1.82) is 0 Å². The molecule has 1 heterocycles. The number of carbonyl (C=O) groups excluding carboxylic acids is 2. The first kappa shape index (κ1) is 31.3. The number of hydrogen-bond donors (Lipinski definition) is 1. The molecule has 2 bridgehead atoms. The second-order valence-corrected chi connectivity index (χ2v) is 14.0. The number of aldehydes is 1. The average molecular weight is 537 g/mol. The van der Waals surface area contributed by atoms with E-state index in [0.29, 0.717) is 17.8 Å². The minimum absolute atomic E-state index is 0.0478. The molecule has 0 spiro atoms. The molecular weight excluding hydrogens is 484 g/mol. The van der Waals surface area contributed by atoms with Crippen LogP contribution in [-0.2, 0) is 14.3 Å². The number of rotatable bonds is 7. The Labute approximate surface area is 237 Å². The maximum absolute atomic E-state index is 12.2. The molecule has 0 radical (unpaired) electrons. The molecule has 4 aliphatic rings. The van der Waals surface area contributed by atoms with Gasteiger partial charge in [-0.15, -0.1) is 6.58 Å². The summed E-state index contributed by atoms with van der Waals surface area (Å²) >= 11 is 0. The molecule has 4 heteroatoms. The summed E-state index contributed by atoms with van der Waals surface area (Å²) in [6, 6.07) is 0. The molecule has 4 nitrogen and oxygen atoms in total. The Morgan fingerprint density at radius 2 is 1.85 bits per heavy atom. The standard InChI is InChI=1S/C20H32O.C15H20O3/c1-8-20(7)13-11-17(14-18(20)15(2)3)16(4)10-9-12-19(5,6)21;1-9-8-11-12-10(2)14(9,3)4-5-15(12,6-7-16)13(17)18-11/h8-10,12,17-18,21H,1-2,11,13-14H2,3-7H3;7,9,11-12H,2,4-6,8H2,1,3H3/b12-9+,16-10-;/t;9-,11-,12+,14+,15-/m.1/s1. The van der Waals surface area contributed by atoms with Crippen LogP contribution in [0.3, 0.4) is 0 Å². The maximum Gasteiger partial charge on any atom is 0.313 e. The van der Waals surface area contributed by atoms with Gasteiger partial charge < -0.3 is 14.6 Å². The van der Waals surface area contributed by atoms with Crippen LogP contribution in [0.4, 0.5) is 0 Å². The van der Waals surface area contributed by atoms with Crippen molar-refractivity contribution >= 4 is 12.3 Å². The van der Waals surface area contributed by atoms with E-state index in [9.17, 15) is 14.7 Å². The van der Waals surface area contributed by atoms with Crippen molar-refractivity contribution in [3.8, 4) is 0 Å². The van der Waals surface area contributed by atoms with Crippen molar-refractivity contribution in [2.24, 2.45) is 39.9 Å². The largest absolute Gasteiger partial charge is 0.461 e. The van der Waals surface area contributed by atoms with Crippen LogP contribution >= 0.6 is 0 Å². The van der Waals surface area contributed by atoms with E-state index in [1.807, 2.05) is 12.2 Å². The Hall–Kier alpha value is -2.20. The fourth-order valence-electron chi connectivity index (χ4n) is 7.76. The van der Waals surface area contributed by atoms with Crippen molar-refractivity contribution in [3.05, 3.63) is 60.8 Å².